The molecule has 0 aliphatic heterocycles. The predicted octanol–water partition coefficient (Wildman–Crippen LogP) is 3.86. The number of aryl methyl sites for hydroxylation is 1. The van der Waals surface area contributed by atoms with Gasteiger partial charge in [-0.1, -0.05) is 58.7 Å². The molecule has 0 spiro atoms. The number of nitrogens with zero attached hydrogens (tertiary/aromatic N) is 3. The molecule has 8 nitrogen and oxygen atoms in total. The van der Waals surface area contributed by atoms with E-state index < -0.39 is 23.0 Å². The molecular weight excluding hydrogens is 487 g/mol. The van der Waals surface area contributed by atoms with Crippen molar-refractivity contribution in [3.63, 3.8) is 0 Å². The SMILES string of the molecule is Cc1ccc(N=C(SCC(=O)Nc2cccc(Cl)c2Cl)c2c(O)n(C)c(=O)n(C)c2=O)cc1. The average Bonchev–Trinajstić information content (AvgIpc) is 2.79. The molecular formula is C22H20Cl2N4O4S. The Balaban J connectivity index is 1.98. The topological polar surface area (TPSA) is 106 Å². The Morgan fingerprint density at radius 3 is 2.42 bits per heavy atom. The van der Waals surface area contributed by atoms with Crippen LogP contribution in [0.4, 0.5) is 11.4 Å². The maximum Gasteiger partial charge on any atom is 0.333 e. The molecule has 3 aromatic rings. The van der Waals surface area contributed by atoms with Crippen molar-refractivity contribution in [2.75, 3.05) is 11.1 Å². The molecule has 1 heterocycles. The van der Waals surface area contributed by atoms with Gasteiger partial charge in [0.2, 0.25) is 11.8 Å². The summed E-state index contributed by atoms with van der Waals surface area (Å²) in [4.78, 5) is 42.0. The van der Waals surface area contributed by atoms with E-state index in [1.165, 1.54) is 14.1 Å². The zero-order valence-corrected chi connectivity index (χ0v) is 20.3. The molecule has 2 N–H and O–H groups in total. The number of hydrogen-bond donors (Lipinski definition) is 2. The predicted molar refractivity (Wildman–Crippen MR) is 134 cm³/mol. The summed E-state index contributed by atoms with van der Waals surface area (Å²) in [5, 5.41) is 13.8. The smallest absolute Gasteiger partial charge is 0.333 e. The highest BCUT2D eigenvalue weighted by atomic mass is 35.5. The van der Waals surface area contributed by atoms with Gasteiger partial charge in [-0.05, 0) is 31.2 Å². The summed E-state index contributed by atoms with van der Waals surface area (Å²) >= 11 is 13.0. The summed E-state index contributed by atoms with van der Waals surface area (Å²) < 4.78 is 1.81. The quantitative estimate of drug-likeness (QED) is 0.403. The van der Waals surface area contributed by atoms with Crippen LogP contribution < -0.4 is 16.6 Å². The second-order valence-electron chi connectivity index (χ2n) is 7.10. The molecule has 0 unspecified atom stereocenters. The van der Waals surface area contributed by atoms with Crippen molar-refractivity contribution >= 4 is 57.3 Å². The van der Waals surface area contributed by atoms with E-state index in [0.717, 1.165) is 26.5 Å². The number of thioether (sulfide) groups is 1. The summed E-state index contributed by atoms with van der Waals surface area (Å²) in [5.74, 6) is -1.12. The third kappa shape index (κ3) is 5.50. The molecule has 172 valence electrons. The van der Waals surface area contributed by atoms with Crippen LogP contribution in [0.5, 0.6) is 5.88 Å². The van der Waals surface area contributed by atoms with Gasteiger partial charge < -0.3 is 10.4 Å². The molecule has 3 rings (SSSR count). The van der Waals surface area contributed by atoms with Crippen LogP contribution in [0.25, 0.3) is 0 Å². The number of aromatic nitrogens is 2. The van der Waals surface area contributed by atoms with Crippen LogP contribution in [0.15, 0.2) is 57.0 Å². The molecule has 1 aromatic heterocycles. The van der Waals surface area contributed by atoms with E-state index in [2.05, 4.69) is 10.3 Å². The molecule has 2 aromatic carbocycles. The van der Waals surface area contributed by atoms with Crippen LogP contribution in [0.2, 0.25) is 10.0 Å². The Morgan fingerprint density at radius 1 is 1.09 bits per heavy atom. The molecule has 1 amide bonds. The normalized spacial score (nSPS) is 11.5. The Morgan fingerprint density at radius 2 is 1.76 bits per heavy atom. The third-order valence-corrected chi connectivity index (χ3v) is 6.47. The van der Waals surface area contributed by atoms with Gasteiger partial charge in [-0.2, -0.15) is 0 Å². The summed E-state index contributed by atoms with van der Waals surface area (Å²) in [6.45, 7) is 1.92. The van der Waals surface area contributed by atoms with Crippen molar-refractivity contribution in [3.05, 3.63) is 84.5 Å². The molecule has 0 saturated carbocycles. The van der Waals surface area contributed by atoms with E-state index in [9.17, 15) is 19.5 Å². The van der Waals surface area contributed by atoms with Gasteiger partial charge in [-0.25, -0.2) is 9.79 Å². The maximum atomic E-state index is 12.8. The molecule has 0 aliphatic rings. The molecule has 33 heavy (non-hydrogen) atoms. The van der Waals surface area contributed by atoms with Gasteiger partial charge in [0.1, 0.15) is 10.6 Å². The van der Waals surface area contributed by atoms with Crippen molar-refractivity contribution in [1.82, 2.24) is 9.13 Å². The van der Waals surface area contributed by atoms with E-state index in [0.29, 0.717) is 16.4 Å². The van der Waals surface area contributed by atoms with Gasteiger partial charge in [-0.15, -0.1) is 0 Å². The van der Waals surface area contributed by atoms with Gasteiger partial charge in [0.25, 0.3) is 5.56 Å². The van der Waals surface area contributed by atoms with Crippen molar-refractivity contribution < 1.29 is 9.90 Å². The molecule has 0 saturated heterocycles. The lowest BCUT2D eigenvalue weighted by Crippen LogP contribution is -2.39. The summed E-state index contributed by atoms with van der Waals surface area (Å²) in [6, 6.07) is 12.0. The first kappa shape index (κ1) is 24.6. The lowest BCUT2D eigenvalue weighted by Gasteiger charge is -2.13. The van der Waals surface area contributed by atoms with E-state index in [1.54, 1.807) is 30.3 Å². The number of aromatic hydroxyl groups is 1. The van der Waals surface area contributed by atoms with E-state index in [1.807, 2.05) is 19.1 Å². The molecule has 0 fully saturated rings. The minimum absolute atomic E-state index is 0.0832. The number of carbonyl (C=O) groups is 1. The second-order valence-corrected chi connectivity index (χ2v) is 8.84. The fraction of sp³-hybridized carbons (Fsp3) is 0.182. The second kappa shape index (κ2) is 10.3. The number of aliphatic imine (C=N–C) groups is 1. The summed E-state index contributed by atoms with van der Waals surface area (Å²) in [5.41, 5.74) is 0.270. The van der Waals surface area contributed by atoms with Gasteiger partial charge in [0, 0.05) is 14.1 Å². The van der Waals surface area contributed by atoms with E-state index in [4.69, 9.17) is 23.2 Å². The highest BCUT2D eigenvalue weighted by molar-refractivity contribution is 8.15. The first-order chi connectivity index (χ1) is 15.6. The van der Waals surface area contributed by atoms with Gasteiger partial charge >= 0.3 is 5.69 Å². The van der Waals surface area contributed by atoms with Crippen molar-refractivity contribution in [3.8, 4) is 5.88 Å². The molecule has 0 radical (unpaired) electrons. The highest BCUT2D eigenvalue weighted by Gasteiger charge is 2.22. The fourth-order valence-corrected chi connectivity index (χ4v) is 4.02. The van der Waals surface area contributed by atoms with Crippen molar-refractivity contribution in [2.24, 2.45) is 19.1 Å². The Labute approximate surface area is 203 Å². The minimum Gasteiger partial charge on any atom is -0.494 e. The monoisotopic (exact) mass is 506 g/mol. The molecule has 0 atom stereocenters. The van der Waals surface area contributed by atoms with Crippen LogP contribution in [-0.4, -0.2) is 30.9 Å². The van der Waals surface area contributed by atoms with Crippen LogP contribution in [0.3, 0.4) is 0 Å². The number of rotatable bonds is 5. The van der Waals surface area contributed by atoms with Crippen LogP contribution >= 0.6 is 35.0 Å². The summed E-state index contributed by atoms with van der Waals surface area (Å²) in [7, 11) is 2.64. The number of amides is 1. The zero-order valence-electron chi connectivity index (χ0n) is 17.9. The molecule has 0 aliphatic carbocycles. The standard InChI is InChI=1S/C22H20Cl2N4O4S/c1-12-7-9-13(10-8-12)25-19(17-20(30)27(2)22(32)28(3)21(17)31)33-11-16(29)26-15-6-4-5-14(23)18(15)24/h4-10,30H,11H2,1-3H3,(H,26,29). The summed E-state index contributed by atoms with van der Waals surface area (Å²) in [6.07, 6.45) is 0. The fourth-order valence-electron chi connectivity index (χ4n) is 2.84. The van der Waals surface area contributed by atoms with Crippen molar-refractivity contribution in [2.45, 2.75) is 6.92 Å². The number of carbonyl (C=O) groups excluding carboxylic acids is 1. The first-order valence-electron chi connectivity index (χ1n) is 9.61. The van der Waals surface area contributed by atoms with Crippen LogP contribution in [0, 0.1) is 6.92 Å². The minimum atomic E-state index is -0.729. The Kier molecular flexibility index (Phi) is 7.68. The van der Waals surface area contributed by atoms with E-state index in [-0.39, 0.29) is 21.4 Å². The third-order valence-electron chi connectivity index (χ3n) is 4.68. The van der Waals surface area contributed by atoms with Gasteiger partial charge in [0.15, 0.2) is 0 Å². The zero-order chi connectivity index (χ0) is 24.3. The van der Waals surface area contributed by atoms with Crippen LogP contribution in [-0.2, 0) is 18.9 Å². The molecule has 11 heteroatoms. The number of anilines is 1. The van der Waals surface area contributed by atoms with Crippen molar-refractivity contribution in [1.29, 1.82) is 0 Å². The Hall–Kier alpha value is -3.01. The lowest BCUT2D eigenvalue weighted by atomic mass is 10.2. The lowest BCUT2D eigenvalue weighted by molar-refractivity contribution is -0.113. The Bertz CT molecular complexity index is 1360. The van der Waals surface area contributed by atoms with Gasteiger partial charge in [-0.3, -0.25) is 18.7 Å². The number of hydrogen-bond acceptors (Lipinski definition) is 6. The van der Waals surface area contributed by atoms with Crippen LogP contribution in [0.1, 0.15) is 11.1 Å². The van der Waals surface area contributed by atoms with Gasteiger partial charge in [0.05, 0.1) is 27.2 Å². The van der Waals surface area contributed by atoms with E-state index >= 15 is 0 Å². The number of nitrogens with one attached hydrogen (secondary N) is 1. The number of halogens is 2. The average molecular weight is 507 g/mol. The largest absolute Gasteiger partial charge is 0.494 e. The maximum absolute atomic E-state index is 12.8. The first-order valence-corrected chi connectivity index (χ1v) is 11.4. The number of benzene rings is 2. The highest BCUT2D eigenvalue weighted by Crippen LogP contribution is 2.30. The molecule has 0 bridgehead atoms.